The normalized spacial score (nSPS) is 18.6. The number of nitrogens with one attached hydrogen (secondary N) is 1. The van der Waals surface area contributed by atoms with Gasteiger partial charge in [0.15, 0.2) is 5.69 Å². The molecular formula is C12H18N4O3S. The Bertz CT molecular complexity index is 503. The van der Waals surface area contributed by atoms with Crippen molar-refractivity contribution >= 4 is 23.3 Å². The molecular weight excluding hydrogens is 280 g/mol. The molecule has 1 aromatic rings. The van der Waals surface area contributed by atoms with Crippen LogP contribution in [0, 0.1) is 0 Å². The Balaban J connectivity index is 1.82. The van der Waals surface area contributed by atoms with Crippen LogP contribution in [-0.4, -0.2) is 65.1 Å². The van der Waals surface area contributed by atoms with Gasteiger partial charge >= 0.3 is 12.0 Å². The van der Waals surface area contributed by atoms with E-state index < -0.39 is 5.97 Å². The van der Waals surface area contributed by atoms with Crippen LogP contribution < -0.4 is 5.32 Å². The van der Waals surface area contributed by atoms with Gasteiger partial charge in [0.2, 0.25) is 0 Å². The van der Waals surface area contributed by atoms with Crippen LogP contribution in [0.25, 0.3) is 0 Å². The zero-order valence-corrected chi connectivity index (χ0v) is 12.3. The van der Waals surface area contributed by atoms with Gasteiger partial charge in [-0.05, 0) is 20.5 Å². The fourth-order valence-corrected chi connectivity index (χ4v) is 2.81. The topological polar surface area (TPSA) is 85.8 Å². The molecule has 7 nitrogen and oxygen atoms in total. The fraction of sp³-hybridized carbons (Fsp3) is 0.583. The molecule has 0 aromatic carbocycles. The van der Waals surface area contributed by atoms with Crippen LogP contribution in [0.1, 0.15) is 21.9 Å². The Hall–Kier alpha value is -1.67. The van der Waals surface area contributed by atoms with Crippen LogP contribution in [0.3, 0.4) is 0 Å². The van der Waals surface area contributed by atoms with Crippen LogP contribution in [-0.2, 0) is 6.54 Å². The lowest BCUT2D eigenvalue weighted by Crippen LogP contribution is -2.40. The highest BCUT2D eigenvalue weighted by molar-refractivity contribution is 7.09. The summed E-state index contributed by atoms with van der Waals surface area (Å²) < 4.78 is 0. The highest BCUT2D eigenvalue weighted by atomic mass is 32.1. The van der Waals surface area contributed by atoms with Crippen LogP contribution in [0.15, 0.2) is 5.38 Å². The second-order valence-electron chi connectivity index (χ2n) is 4.94. The first kappa shape index (κ1) is 14.7. The van der Waals surface area contributed by atoms with E-state index in [4.69, 9.17) is 5.11 Å². The summed E-state index contributed by atoms with van der Waals surface area (Å²) in [5, 5.41) is 13.6. The monoisotopic (exact) mass is 298 g/mol. The number of carboxylic acid groups (broad SMARTS) is 1. The van der Waals surface area contributed by atoms with Gasteiger partial charge in [-0.25, -0.2) is 14.6 Å². The highest BCUT2D eigenvalue weighted by Crippen LogP contribution is 2.14. The van der Waals surface area contributed by atoms with Gasteiger partial charge in [0.05, 0.1) is 6.54 Å². The summed E-state index contributed by atoms with van der Waals surface area (Å²) in [5.74, 6) is -1.05. The summed E-state index contributed by atoms with van der Waals surface area (Å²) in [4.78, 5) is 30.5. The molecule has 0 bridgehead atoms. The van der Waals surface area contributed by atoms with Crippen molar-refractivity contribution in [1.82, 2.24) is 20.1 Å². The van der Waals surface area contributed by atoms with Crippen LogP contribution >= 0.6 is 11.3 Å². The van der Waals surface area contributed by atoms with Crippen molar-refractivity contribution in [1.29, 1.82) is 0 Å². The Kier molecular flexibility index (Phi) is 4.56. The predicted molar refractivity (Wildman–Crippen MR) is 75.0 cm³/mol. The predicted octanol–water partition coefficient (Wildman–Crippen LogP) is 0.687. The van der Waals surface area contributed by atoms with E-state index in [9.17, 15) is 9.59 Å². The molecule has 2 amide bonds. The number of urea groups is 1. The van der Waals surface area contributed by atoms with E-state index in [1.54, 1.807) is 4.90 Å². The fourth-order valence-electron chi connectivity index (χ4n) is 2.10. The number of thiazole rings is 1. The Labute approximate surface area is 121 Å². The average Bonchev–Trinajstić information content (AvgIpc) is 3.05. The molecule has 1 aliphatic heterocycles. The van der Waals surface area contributed by atoms with Gasteiger partial charge in [0.1, 0.15) is 5.01 Å². The van der Waals surface area contributed by atoms with Gasteiger partial charge in [-0.3, -0.25) is 0 Å². The molecule has 0 radical (unpaired) electrons. The van der Waals surface area contributed by atoms with Gasteiger partial charge in [0.25, 0.3) is 0 Å². The maximum atomic E-state index is 12.0. The minimum Gasteiger partial charge on any atom is -0.476 e. The molecule has 1 saturated heterocycles. The molecule has 2 rings (SSSR count). The quantitative estimate of drug-likeness (QED) is 0.854. The van der Waals surface area contributed by atoms with E-state index in [0.29, 0.717) is 11.0 Å². The molecule has 0 saturated carbocycles. The standard InChI is InChI=1S/C12H18N4O3S/c1-15(2)8-3-4-16(6-8)12(19)13-5-10-14-9(7-20-10)11(17)18/h7-8H,3-6H2,1-2H3,(H,13,19)(H,17,18). The molecule has 1 aliphatic rings. The Morgan fingerprint density at radius 2 is 2.35 bits per heavy atom. The van der Waals surface area contributed by atoms with Crippen molar-refractivity contribution in [2.24, 2.45) is 0 Å². The van der Waals surface area contributed by atoms with Crippen LogP contribution in [0.4, 0.5) is 4.79 Å². The lowest BCUT2D eigenvalue weighted by Gasteiger charge is -2.20. The van der Waals surface area contributed by atoms with Crippen molar-refractivity contribution in [3.63, 3.8) is 0 Å². The highest BCUT2D eigenvalue weighted by Gasteiger charge is 2.27. The lowest BCUT2D eigenvalue weighted by atomic mass is 10.2. The maximum Gasteiger partial charge on any atom is 0.355 e. The first-order valence-electron chi connectivity index (χ1n) is 6.34. The van der Waals surface area contributed by atoms with E-state index in [2.05, 4.69) is 15.2 Å². The molecule has 1 fully saturated rings. The van der Waals surface area contributed by atoms with E-state index >= 15 is 0 Å². The number of aromatic nitrogens is 1. The van der Waals surface area contributed by atoms with Gasteiger partial charge in [-0.1, -0.05) is 0 Å². The lowest BCUT2D eigenvalue weighted by molar-refractivity contribution is 0.0691. The number of rotatable bonds is 4. The number of carbonyl (C=O) groups is 2. The van der Waals surface area contributed by atoms with E-state index in [0.717, 1.165) is 19.5 Å². The molecule has 8 heteroatoms. The number of hydrogen-bond donors (Lipinski definition) is 2. The van der Waals surface area contributed by atoms with Gasteiger partial charge in [0, 0.05) is 24.5 Å². The van der Waals surface area contributed by atoms with E-state index in [-0.39, 0.29) is 18.3 Å². The number of amides is 2. The van der Waals surface area contributed by atoms with Crippen LogP contribution in [0.5, 0.6) is 0 Å². The van der Waals surface area contributed by atoms with Crippen molar-refractivity contribution in [3.8, 4) is 0 Å². The Morgan fingerprint density at radius 3 is 2.90 bits per heavy atom. The summed E-state index contributed by atoms with van der Waals surface area (Å²) in [5.41, 5.74) is 0.0214. The Morgan fingerprint density at radius 1 is 1.60 bits per heavy atom. The molecule has 20 heavy (non-hydrogen) atoms. The van der Waals surface area contributed by atoms with Gasteiger partial charge in [-0.15, -0.1) is 11.3 Å². The number of carbonyl (C=O) groups excluding carboxylic acids is 1. The SMILES string of the molecule is CN(C)C1CCN(C(=O)NCc2nc(C(=O)O)cs2)C1. The summed E-state index contributed by atoms with van der Waals surface area (Å²) in [6.07, 6.45) is 0.973. The minimum atomic E-state index is -1.05. The minimum absolute atomic E-state index is 0.0214. The first-order chi connectivity index (χ1) is 9.47. The second kappa shape index (κ2) is 6.19. The summed E-state index contributed by atoms with van der Waals surface area (Å²) in [7, 11) is 4.02. The van der Waals surface area contributed by atoms with Crippen molar-refractivity contribution in [3.05, 3.63) is 16.1 Å². The maximum absolute atomic E-state index is 12.0. The average molecular weight is 298 g/mol. The molecule has 0 spiro atoms. The number of likely N-dealkylation sites (N-methyl/N-ethyl adjacent to an activating group) is 1. The second-order valence-corrected chi connectivity index (χ2v) is 5.89. The summed E-state index contributed by atoms with van der Waals surface area (Å²) in [6.45, 7) is 1.73. The molecule has 2 N–H and O–H groups in total. The molecule has 110 valence electrons. The van der Waals surface area contributed by atoms with E-state index in [1.165, 1.54) is 16.7 Å². The van der Waals surface area contributed by atoms with Crippen molar-refractivity contribution in [2.75, 3.05) is 27.2 Å². The summed E-state index contributed by atoms with van der Waals surface area (Å²) in [6, 6.07) is 0.278. The van der Waals surface area contributed by atoms with Gasteiger partial charge in [-0.2, -0.15) is 0 Å². The molecule has 2 heterocycles. The third-order valence-corrected chi connectivity index (χ3v) is 4.19. The summed E-state index contributed by atoms with van der Waals surface area (Å²) >= 11 is 1.23. The van der Waals surface area contributed by atoms with Crippen molar-refractivity contribution in [2.45, 2.75) is 19.0 Å². The number of nitrogens with zero attached hydrogens (tertiary/aromatic N) is 3. The number of aromatic carboxylic acids is 1. The number of carboxylic acids is 1. The van der Waals surface area contributed by atoms with Crippen molar-refractivity contribution < 1.29 is 14.7 Å². The zero-order chi connectivity index (χ0) is 14.7. The third kappa shape index (κ3) is 3.45. The third-order valence-electron chi connectivity index (χ3n) is 3.34. The van der Waals surface area contributed by atoms with Gasteiger partial charge < -0.3 is 20.2 Å². The number of likely N-dealkylation sites (tertiary alicyclic amines) is 1. The van der Waals surface area contributed by atoms with Crippen LogP contribution in [0.2, 0.25) is 0 Å². The first-order valence-corrected chi connectivity index (χ1v) is 7.22. The number of hydrogen-bond acceptors (Lipinski definition) is 5. The largest absolute Gasteiger partial charge is 0.476 e. The molecule has 1 atom stereocenters. The molecule has 1 unspecified atom stereocenters. The molecule has 0 aliphatic carbocycles. The zero-order valence-electron chi connectivity index (χ0n) is 11.5. The molecule has 1 aromatic heterocycles. The smallest absolute Gasteiger partial charge is 0.355 e. The van der Waals surface area contributed by atoms with E-state index in [1.807, 2.05) is 14.1 Å².